The van der Waals surface area contributed by atoms with E-state index in [1.807, 2.05) is 27.7 Å². The summed E-state index contributed by atoms with van der Waals surface area (Å²) in [4.78, 5) is 26.1. The quantitative estimate of drug-likeness (QED) is 0.514. The Bertz CT molecular complexity index is 782. The Kier molecular flexibility index (Phi) is 8.47. The van der Waals surface area contributed by atoms with Crippen LogP contribution in [0.1, 0.15) is 40.5 Å². The molecular weight excluding hydrogens is 388 g/mol. The van der Waals surface area contributed by atoms with Crippen molar-refractivity contribution >= 4 is 11.6 Å². The molecule has 8 nitrogen and oxygen atoms in total. The van der Waals surface area contributed by atoms with Crippen molar-refractivity contribution in [1.29, 1.82) is 0 Å². The van der Waals surface area contributed by atoms with Gasteiger partial charge in [0.25, 0.3) is 5.56 Å². The van der Waals surface area contributed by atoms with E-state index >= 15 is 0 Å². The molecular formula is C19H29ClN2O6. The van der Waals surface area contributed by atoms with Gasteiger partial charge in [0.2, 0.25) is 5.72 Å². The van der Waals surface area contributed by atoms with Crippen molar-refractivity contribution in [1.82, 2.24) is 9.55 Å². The third-order valence-corrected chi connectivity index (χ3v) is 5.33. The van der Waals surface area contributed by atoms with Gasteiger partial charge >= 0.3 is 5.69 Å². The van der Waals surface area contributed by atoms with Crippen molar-refractivity contribution in [2.75, 3.05) is 19.6 Å². The van der Waals surface area contributed by atoms with Crippen molar-refractivity contribution in [3.63, 3.8) is 0 Å². The van der Waals surface area contributed by atoms with Crippen molar-refractivity contribution in [2.24, 2.45) is 0 Å². The van der Waals surface area contributed by atoms with Crippen LogP contribution in [0, 0.1) is 12.3 Å². The van der Waals surface area contributed by atoms with Crippen LogP contribution in [0.5, 0.6) is 0 Å². The van der Waals surface area contributed by atoms with Gasteiger partial charge in [-0.25, -0.2) is 4.79 Å². The van der Waals surface area contributed by atoms with Gasteiger partial charge < -0.3 is 19.3 Å². The first-order valence-corrected chi connectivity index (χ1v) is 9.76. The second kappa shape index (κ2) is 9.72. The highest BCUT2D eigenvalue weighted by Gasteiger charge is 2.64. The van der Waals surface area contributed by atoms with Crippen molar-refractivity contribution < 1.29 is 19.3 Å². The number of halogens is 1. The van der Waals surface area contributed by atoms with Gasteiger partial charge in [-0.3, -0.25) is 14.3 Å². The van der Waals surface area contributed by atoms with E-state index in [1.54, 1.807) is 0 Å². The van der Waals surface area contributed by atoms with E-state index in [4.69, 9.17) is 32.2 Å². The van der Waals surface area contributed by atoms with E-state index < -0.39 is 41.1 Å². The average molecular weight is 417 g/mol. The minimum atomic E-state index is -1.78. The van der Waals surface area contributed by atoms with Crippen molar-refractivity contribution in [3.8, 4) is 12.3 Å². The molecule has 0 spiro atoms. The van der Waals surface area contributed by atoms with E-state index in [9.17, 15) is 14.7 Å². The van der Waals surface area contributed by atoms with Gasteiger partial charge in [0.15, 0.2) is 11.9 Å². The Morgan fingerprint density at radius 2 is 2.04 bits per heavy atom. The molecule has 1 aliphatic rings. The zero-order valence-electron chi connectivity index (χ0n) is 17.0. The SMILES string of the molecule is C#C[C@@]1(n2ccc(=O)[nH]c2=O)OC(CC)(CC)O[C@@H]1[C@](CO)(CCl)OC.CC. The van der Waals surface area contributed by atoms with Gasteiger partial charge in [-0.05, 0) is 18.8 Å². The monoisotopic (exact) mass is 416 g/mol. The first-order chi connectivity index (χ1) is 13.3. The summed E-state index contributed by atoms with van der Waals surface area (Å²) in [6, 6.07) is 1.15. The number of alkyl halides is 1. The molecule has 158 valence electrons. The number of hydrogen-bond donors (Lipinski definition) is 2. The fourth-order valence-corrected chi connectivity index (χ4v) is 3.46. The van der Waals surface area contributed by atoms with Crippen LogP contribution in [0.2, 0.25) is 0 Å². The molecule has 0 unspecified atom stereocenters. The molecule has 1 aliphatic heterocycles. The van der Waals surface area contributed by atoms with E-state index in [0.717, 1.165) is 10.6 Å². The first-order valence-electron chi connectivity index (χ1n) is 9.22. The molecule has 0 aromatic carbocycles. The number of nitrogens with one attached hydrogen (secondary N) is 1. The lowest BCUT2D eigenvalue weighted by atomic mass is 9.90. The van der Waals surface area contributed by atoms with Crippen LogP contribution >= 0.6 is 11.6 Å². The summed E-state index contributed by atoms with van der Waals surface area (Å²) >= 11 is 6.09. The number of aliphatic hydroxyl groups is 1. The molecule has 0 radical (unpaired) electrons. The third-order valence-electron chi connectivity index (χ3n) is 4.87. The highest BCUT2D eigenvalue weighted by molar-refractivity contribution is 6.18. The summed E-state index contributed by atoms with van der Waals surface area (Å²) in [6.45, 7) is 7.17. The predicted octanol–water partition coefficient (Wildman–Crippen LogP) is 1.40. The zero-order valence-corrected chi connectivity index (χ0v) is 17.7. The lowest BCUT2D eigenvalue weighted by molar-refractivity contribution is -0.207. The Morgan fingerprint density at radius 3 is 2.43 bits per heavy atom. The molecule has 1 aromatic heterocycles. The molecule has 2 heterocycles. The smallest absolute Gasteiger partial charge is 0.331 e. The topological polar surface area (TPSA) is 103 Å². The molecule has 0 saturated carbocycles. The largest absolute Gasteiger partial charge is 0.393 e. The van der Waals surface area contributed by atoms with Crippen LogP contribution in [-0.4, -0.2) is 51.7 Å². The summed E-state index contributed by atoms with van der Waals surface area (Å²) < 4.78 is 18.8. The summed E-state index contributed by atoms with van der Waals surface area (Å²) in [6.07, 6.45) is 6.77. The molecule has 0 aliphatic carbocycles. The molecule has 9 heteroatoms. The number of H-pyrrole nitrogens is 1. The van der Waals surface area contributed by atoms with Crippen LogP contribution in [-0.2, 0) is 19.9 Å². The molecule has 1 fully saturated rings. The minimum absolute atomic E-state index is 0.168. The molecule has 3 atom stereocenters. The Morgan fingerprint density at radius 1 is 1.43 bits per heavy atom. The van der Waals surface area contributed by atoms with Crippen molar-refractivity contribution in [2.45, 2.75) is 63.8 Å². The molecule has 0 bridgehead atoms. The summed E-state index contributed by atoms with van der Waals surface area (Å²) in [5.74, 6) is 1.20. The standard InChI is InChI=1S/C17H23ClN2O6.C2H6/c1-5-16(6-2)25-13(15(10-18,11-21)24-4)17(7-3,26-16)20-9-8-12(22)19-14(20)23;1-2/h3,8-9,13,21H,5-6,10-11H2,1-2,4H3,(H,19,22,23);1-2H3/t13-,15-,17-;/m1./s1. The number of aromatic amines is 1. The van der Waals surface area contributed by atoms with E-state index in [0.29, 0.717) is 12.8 Å². The summed E-state index contributed by atoms with van der Waals surface area (Å²) in [7, 11) is 1.36. The first kappa shape index (κ1) is 24.4. The Balaban J connectivity index is 0.00000190. The van der Waals surface area contributed by atoms with Crippen LogP contribution in [0.25, 0.3) is 0 Å². The Hall–Kier alpha value is -1.63. The van der Waals surface area contributed by atoms with Crippen molar-refractivity contribution in [3.05, 3.63) is 33.1 Å². The maximum Gasteiger partial charge on any atom is 0.331 e. The van der Waals surface area contributed by atoms with Crippen LogP contribution in [0.4, 0.5) is 0 Å². The fraction of sp³-hybridized carbons (Fsp3) is 0.684. The number of rotatable bonds is 7. The zero-order chi connectivity index (χ0) is 21.6. The normalized spacial score (nSPS) is 25.3. The minimum Gasteiger partial charge on any atom is -0.393 e. The molecule has 2 rings (SSSR count). The molecule has 1 aromatic rings. The second-order valence-corrected chi connectivity index (χ2v) is 6.37. The number of nitrogens with zero attached hydrogens (tertiary/aromatic N) is 1. The Labute approximate surface area is 169 Å². The summed E-state index contributed by atoms with van der Waals surface area (Å²) in [5, 5.41) is 9.98. The average Bonchev–Trinajstić information content (AvgIpc) is 3.08. The lowest BCUT2D eigenvalue weighted by Crippen LogP contribution is -2.61. The lowest BCUT2D eigenvalue weighted by Gasteiger charge is -2.39. The summed E-state index contributed by atoms with van der Waals surface area (Å²) in [5.41, 5.74) is -4.57. The van der Waals surface area contributed by atoms with E-state index in [-0.39, 0.29) is 5.88 Å². The van der Waals surface area contributed by atoms with Gasteiger partial charge in [0.1, 0.15) is 5.60 Å². The number of terminal acetylenes is 1. The number of aromatic nitrogens is 2. The molecule has 28 heavy (non-hydrogen) atoms. The number of methoxy groups -OCH3 is 1. The maximum absolute atomic E-state index is 12.5. The predicted molar refractivity (Wildman–Crippen MR) is 106 cm³/mol. The number of ether oxygens (including phenoxy) is 3. The van der Waals surface area contributed by atoms with Crippen LogP contribution in [0.15, 0.2) is 21.9 Å². The number of hydrogen-bond acceptors (Lipinski definition) is 6. The molecule has 2 N–H and O–H groups in total. The number of aliphatic hydroxyl groups excluding tert-OH is 1. The van der Waals surface area contributed by atoms with Gasteiger partial charge in [0.05, 0.1) is 12.5 Å². The van der Waals surface area contributed by atoms with Gasteiger partial charge in [-0.15, -0.1) is 18.0 Å². The third kappa shape index (κ3) is 3.91. The van der Waals surface area contributed by atoms with Crippen LogP contribution in [0.3, 0.4) is 0 Å². The van der Waals surface area contributed by atoms with Gasteiger partial charge in [-0.2, -0.15) is 0 Å². The van der Waals surface area contributed by atoms with E-state index in [1.165, 1.54) is 13.3 Å². The molecule has 0 amide bonds. The highest BCUT2D eigenvalue weighted by atomic mass is 35.5. The van der Waals surface area contributed by atoms with Gasteiger partial charge in [-0.1, -0.05) is 27.7 Å². The second-order valence-electron chi connectivity index (χ2n) is 6.10. The van der Waals surface area contributed by atoms with Crippen LogP contribution < -0.4 is 11.2 Å². The van der Waals surface area contributed by atoms with E-state index in [2.05, 4.69) is 10.9 Å². The fourth-order valence-electron chi connectivity index (χ4n) is 3.13. The molecule has 1 saturated heterocycles. The maximum atomic E-state index is 12.5. The highest BCUT2D eigenvalue weighted by Crippen LogP contribution is 2.47. The van der Waals surface area contributed by atoms with Gasteiger partial charge in [0, 0.05) is 19.4 Å².